The summed E-state index contributed by atoms with van der Waals surface area (Å²) in [6.07, 6.45) is -2.37. The third-order valence-corrected chi connectivity index (χ3v) is 6.23. The maximum absolute atomic E-state index is 12.7. The second kappa shape index (κ2) is 10.4. The third-order valence-electron chi connectivity index (χ3n) is 5.34. The molecule has 180 valence electrons. The highest BCUT2D eigenvalue weighted by Crippen LogP contribution is 2.34. The summed E-state index contributed by atoms with van der Waals surface area (Å²) in [6, 6.07) is 10.0. The number of methoxy groups -OCH3 is 1. The van der Waals surface area contributed by atoms with Crippen LogP contribution in [0.5, 0.6) is 11.5 Å². The Morgan fingerprint density at radius 2 is 2.00 bits per heavy atom. The topological polar surface area (TPSA) is 69.7 Å². The molecule has 1 fully saturated rings. The minimum atomic E-state index is -4.38. The maximum Gasteiger partial charge on any atom is 0.416 e. The average molecular weight is 493 g/mol. The zero-order chi connectivity index (χ0) is 24.1. The summed E-state index contributed by atoms with van der Waals surface area (Å²) in [4.78, 5) is 16.8. The first kappa shape index (κ1) is 24.0. The van der Waals surface area contributed by atoms with E-state index in [2.05, 4.69) is 10.3 Å². The number of ether oxygens (including phenoxy) is 3. The van der Waals surface area contributed by atoms with Gasteiger partial charge in [0.05, 0.1) is 18.8 Å². The highest BCUT2D eigenvalue weighted by atomic mass is 32.1. The second-order valence-electron chi connectivity index (χ2n) is 7.73. The lowest BCUT2D eigenvalue weighted by molar-refractivity contribution is -0.137. The van der Waals surface area contributed by atoms with Crippen LogP contribution in [0.1, 0.15) is 34.5 Å². The smallest absolute Gasteiger partial charge is 0.416 e. The Labute approximate surface area is 198 Å². The average Bonchev–Trinajstić information content (AvgIpc) is 3.53. The fourth-order valence-electron chi connectivity index (χ4n) is 3.48. The van der Waals surface area contributed by atoms with Crippen LogP contribution in [0.3, 0.4) is 0 Å². The molecule has 34 heavy (non-hydrogen) atoms. The van der Waals surface area contributed by atoms with E-state index in [9.17, 15) is 18.0 Å². The molecule has 1 aliphatic rings. The molecule has 1 N–H and O–H groups in total. The molecule has 0 spiro atoms. The summed E-state index contributed by atoms with van der Waals surface area (Å²) in [5, 5.41) is 5.20. The Hall–Kier alpha value is -3.11. The first-order valence-electron chi connectivity index (χ1n) is 10.7. The predicted molar refractivity (Wildman–Crippen MR) is 121 cm³/mol. The molecule has 0 radical (unpaired) electrons. The van der Waals surface area contributed by atoms with Crippen LogP contribution in [0.15, 0.2) is 47.8 Å². The molecule has 1 aromatic heterocycles. The lowest BCUT2D eigenvalue weighted by Gasteiger charge is -2.12. The molecule has 3 aromatic rings. The number of aromatic nitrogens is 1. The summed E-state index contributed by atoms with van der Waals surface area (Å²) in [6.45, 7) is 1.28. The van der Waals surface area contributed by atoms with E-state index in [1.54, 1.807) is 23.6 Å². The highest BCUT2D eigenvalue weighted by Gasteiger charge is 2.30. The van der Waals surface area contributed by atoms with E-state index in [4.69, 9.17) is 14.2 Å². The molecule has 1 unspecified atom stereocenters. The fourth-order valence-corrected chi connectivity index (χ4v) is 4.28. The van der Waals surface area contributed by atoms with Gasteiger partial charge in [-0.05, 0) is 48.7 Å². The largest absolute Gasteiger partial charge is 0.493 e. The van der Waals surface area contributed by atoms with Crippen molar-refractivity contribution < 1.29 is 32.2 Å². The Morgan fingerprint density at radius 1 is 1.21 bits per heavy atom. The van der Waals surface area contributed by atoms with Crippen LogP contribution < -0.4 is 14.8 Å². The second-order valence-corrected chi connectivity index (χ2v) is 8.59. The number of rotatable bonds is 8. The monoisotopic (exact) mass is 492 g/mol. The molecule has 2 aromatic carbocycles. The van der Waals surface area contributed by atoms with Crippen molar-refractivity contribution in [2.45, 2.75) is 31.7 Å². The van der Waals surface area contributed by atoms with Crippen molar-refractivity contribution in [1.82, 2.24) is 10.3 Å². The van der Waals surface area contributed by atoms with Crippen LogP contribution in [0.4, 0.5) is 13.2 Å². The van der Waals surface area contributed by atoms with Crippen molar-refractivity contribution in [3.63, 3.8) is 0 Å². The Morgan fingerprint density at radius 3 is 2.68 bits per heavy atom. The molecule has 0 saturated carbocycles. The summed E-state index contributed by atoms with van der Waals surface area (Å²) < 4.78 is 54.8. The van der Waals surface area contributed by atoms with Gasteiger partial charge in [0.25, 0.3) is 5.91 Å². The number of halogens is 3. The van der Waals surface area contributed by atoms with E-state index in [0.717, 1.165) is 37.1 Å². The molecule has 1 saturated heterocycles. The van der Waals surface area contributed by atoms with Gasteiger partial charge >= 0.3 is 6.18 Å². The maximum atomic E-state index is 12.7. The zero-order valence-corrected chi connectivity index (χ0v) is 19.2. The van der Waals surface area contributed by atoms with Crippen molar-refractivity contribution in [2.24, 2.45) is 0 Å². The Bertz CT molecular complexity index is 1130. The molecule has 1 aliphatic heterocycles. The molecule has 2 heterocycles. The highest BCUT2D eigenvalue weighted by molar-refractivity contribution is 7.13. The van der Waals surface area contributed by atoms with Gasteiger partial charge in [0.2, 0.25) is 0 Å². The van der Waals surface area contributed by atoms with Gasteiger partial charge in [0, 0.05) is 24.1 Å². The molecule has 0 aliphatic carbocycles. The number of nitrogens with one attached hydrogen (secondary N) is 1. The number of nitrogens with zero attached hydrogens (tertiary/aromatic N) is 1. The van der Waals surface area contributed by atoms with Gasteiger partial charge in [-0.25, -0.2) is 4.98 Å². The van der Waals surface area contributed by atoms with Gasteiger partial charge < -0.3 is 19.5 Å². The van der Waals surface area contributed by atoms with E-state index in [-0.39, 0.29) is 18.6 Å². The van der Waals surface area contributed by atoms with E-state index in [1.165, 1.54) is 30.6 Å². The van der Waals surface area contributed by atoms with Crippen LogP contribution in [0, 0.1) is 0 Å². The molecule has 0 bridgehead atoms. The van der Waals surface area contributed by atoms with Gasteiger partial charge in [-0.1, -0.05) is 12.1 Å². The summed E-state index contributed by atoms with van der Waals surface area (Å²) in [5.74, 6) is 0.641. The van der Waals surface area contributed by atoms with E-state index < -0.39 is 11.7 Å². The van der Waals surface area contributed by atoms with Crippen molar-refractivity contribution in [1.29, 1.82) is 0 Å². The van der Waals surface area contributed by atoms with Crippen LogP contribution in [0.2, 0.25) is 0 Å². The molecule has 6 nitrogen and oxygen atoms in total. The van der Waals surface area contributed by atoms with Crippen LogP contribution >= 0.6 is 11.3 Å². The van der Waals surface area contributed by atoms with Gasteiger partial charge in [0.1, 0.15) is 17.3 Å². The number of amides is 1. The van der Waals surface area contributed by atoms with Crippen molar-refractivity contribution in [3.8, 4) is 22.1 Å². The Balaban J connectivity index is 1.39. The van der Waals surface area contributed by atoms with Crippen molar-refractivity contribution in [2.75, 3.05) is 20.3 Å². The van der Waals surface area contributed by atoms with E-state index in [1.807, 2.05) is 0 Å². The molecule has 1 amide bonds. The van der Waals surface area contributed by atoms with Crippen molar-refractivity contribution in [3.05, 3.63) is 64.7 Å². The normalized spacial score (nSPS) is 15.8. The van der Waals surface area contributed by atoms with Crippen LogP contribution in [-0.2, 0) is 17.5 Å². The minimum absolute atomic E-state index is 0.0569. The zero-order valence-electron chi connectivity index (χ0n) is 18.4. The third kappa shape index (κ3) is 5.87. The van der Waals surface area contributed by atoms with Gasteiger partial charge in [-0.15, -0.1) is 11.3 Å². The summed E-state index contributed by atoms with van der Waals surface area (Å²) >= 11 is 1.34. The number of carbonyl (C=O) groups is 1. The SMILES string of the molecule is COc1cc(-c2nc(C(=O)NCC3CCCO3)cs2)ccc1OCc1ccc(C(F)(F)F)cc1. The predicted octanol–water partition coefficient (Wildman–Crippen LogP) is 5.33. The molecule has 10 heteroatoms. The minimum Gasteiger partial charge on any atom is -0.493 e. The quantitative estimate of drug-likeness (QED) is 0.461. The van der Waals surface area contributed by atoms with E-state index >= 15 is 0 Å². The van der Waals surface area contributed by atoms with Crippen LogP contribution in [-0.4, -0.2) is 37.3 Å². The molecule has 4 rings (SSSR count). The fraction of sp³-hybridized carbons (Fsp3) is 0.333. The number of benzene rings is 2. The first-order chi connectivity index (χ1) is 16.3. The number of thiazole rings is 1. The van der Waals surface area contributed by atoms with Crippen molar-refractivity contribution >= 4 is 17.2 Å². The van der Waals surface area contributed by atoms with Gasteiger partial charge in [0.15, 0.2) is 11.5 Å². The molecular weight excluding hydrogens is 469 g/mol. The molecule has 1 atom stereocenters. The summed E-state index contributed by atoms with van der Waals surface area (Å²) in [7, 11) is 1.50. The van der Waals surface area contributed by atoms with Gasteiger partial charge in [-0.3, -0.25) is 4.79 Å². The lowest BCUT2D eigenvalue weighted by atomic mass is 10.1. The Kier molecular flexibility index (Phi) is 7.38. The molecular formula is C24H23F3N2O4S. The number of hydrogen-bond acceptors (Lipinski definition) is 6. The van der Waals surface area contributed by atoms with Crippen LogP contribution in [0.25, 0.3) is 10.6 Å². The number of alkyl halides is 3. The number of hydrogen-bond donors (Lipinski definition) is 1. The summed E-state index contributed by atoms with van der Waals surface area (Å²) in [5.41, 5.74) is 0.973. The van der Waals surface area contributed by atoms with Gasteiger partial charge in [-0.2, -0.15) is 13.2 Å². The van der Waals surface area contributed by atoms with E-state index in [0.29, 0.717) is 34.3 Å². The standard InChI is InChI=1S/C24H23F3N2O4S/c1-31-21-11-16(23-29-19(14-34-23)22(30)28-12-18-3-2-10-32-18)6-9-20(21)33-13-15-4-7-17(8-5-15)24(25,26)27/h4-9,11,14,18H,2-3,10,12-13H2,1H3,(H,28,30). The lowest BCUT2D eigenvalue weighted by Crippen LogP contribution is -2.31. The first-order valence-corrected chi connectivity index (χ1v) is 11.5. The number of carbonyl (C=O) groups excluding carboxylic acids is 1.